The monoisotopic (exact) mass is 315 g/mol. The zero-order valence-corrected chi connectivity index (χ0v) is 13.1. The molecule has 1 aromatic rings. The number of hydrogen-bond donors (Lipinski definition) is 3. The summed E-state index contributed by atoms with van der Waals surface area (Å²) >= 11 is 0. The Morgan fingerprint density at radius 1 is 1.26 bits per heavy atom. The van der Waals surface area contributed by atoms with Gasteiger partial charge in [0.05, 0.1) is 5.69 Å². The molecule has 1 heterocycles. The number of phenolic OH excluding ortho intramolecular Hbond substituents is 1. The van der Waals surface area contributed by atoms with Gasteiger partial charge in [0, 0.05) is 5.56 Å². The molecule has 0 aromatic heterocycles. The lowest BCUT2D eigenvalue weighted by Gasteiger charge is -2.46. The first-order valence-electron chi connectivity index (χ1n) is 7.77. The third-order valence-electron chi connectivity index (χ3n) is 4.45. The Morgan fingerprint density at radius 2 is 1.96 bits per heavy atom. The van der Waals surface area contributed by atoms with E-state index in [1.807, 2.05) is 0 Å². The Kier molecular flexibility index (Phi) is 3.71. The highest BCUT2D eigenvalue weighted by atomic mass is 16.3. The second-order valence-corrected chi connectivity index (χ2v) is 6.08. The van der Waals surface area contributed by atoms with Crippen LogP contribution in [-0.2, 0) is 0 Å². The van der Waals surface area contributed by atoms with Crippen molar-refractivity contribution in [3.05, 3.63) is 23.8 Å². The Morgan fingerprint density at radius 3 is 2.61 bits per heavy atom. The largest absolute Gasteiger partial charge is 0.508 e. The molecule has 5 N–H and O–H groups in total. The number of Topliss-reactive ketones (excluding diaryl/α,β-unsaturated/α-hetero) is 1. The summed E-state index contributed by atoms with van der Waals surface area (Å²) in [7, 11) is 0. The van der Waals surface area contributed by atoms with E-state index in [1.165, 1.54) is 19.1 Å². The molecule has 122 valence electrons. The number of rotatable bonds is 2. The molecule has 1 saturated carbocycles. The third-order valence-corrected chi connectivity index (χ3v) is 4.45. The van der Waals surface area contributed by atoms with E-state index < -0.39 is 5.66 Å². The van der Waals surface area contributed by atoms with Crippen molar-refractivity contribution in [2.75, 3.05) is 4.90 Å². The number of hydrogen-bond acceptors (Lipinski definition) is 7. The lowest BCUT2D eigenvalue weighted by molar-refractivity contribution is 0.101. The highest BCUT2D eigenvalue weighted by molar-refractivity contribution is 6.10. The Balaban J connectivity index is 2.16. The van der Waals surface area contributed by atoms with Crippen LogP contribution < -0.4 is 16.4 Å². The first-order valence-corrected chi connectivity index (χ1v) is 7.77. The van der Waals surface area contributed by atoms with Gasteiger partial charge in [-0.05, 0) is 50.8 Å². The Hall–Kier alpha value is -2.57. The van der Waals surface area contributed by atoms with Gasteiger partial charge in [-0.25, -0.2) is 4.99 Å². The molecule has 2 aliphatic rings. The quantitative estimate of drug-likeness (QED) is 0.718. The summed E-state index contributed by atoms with van der Waals surface area (Å²) in [6.07, 6.45) is 4.74. The van der Waals surface area contributed by atoms with Crippen LogP contribution >= 0.6 is 0 Å². The summed E-state index contributed by atoms with van der Waals surface area (Å²) in [6, 6.07) is 4.66. The van der Waals surface area contributed by atoms with E-state index in [0.29, 0.717) is 11.3 Å². The number of nitrogens with zero attached hydrogens (tertiary/aromatic N) is 3. The van der Waals surface area contributed by atoms with Crippen LogP contribution in [0.25, 0.3) is 0 Å². The fourth-order valence-corrected chi connectivity index (χ4v) is 3.47. The number of benzene rings is 1. The molecule has 0 atom stereocenters. The van der Waals surface area contributed by atoms with Gasteiger partial charge in [0.1, 0.15) is 11.4 Å². The van der Waals surface area contributed by atoms with E-state index in [9.17, 15) is 9.90 Å². The van der Waals surface area contributed by atoms with Crippen molar-refractivity contribution in [2.24, 2.45) is 21.5 Å². The minimum atomic E-state index is -0.602. The zero-order valence-electron chi connectivity index (χ0n) is 13.1. The molecule has 0 bridgehead atoms. The molecule has 1 spiro atoms. The molecule has 0 saturated heterocycles. The van der Waals surface area contributed by atoms with E-state index >= 15 is 0 Å². The average molecular weight is 315 g/mol. The maximum absolute atomic E-state index is 12.0. The van der Waals surface area contributed by atoms with Crippen LogP contribution in [0, 0.1) is 0 Å². The van der Waals surface area contributed by atoms with Crippen LogP contribution in [0.4, 0.5) is 5.69 Å². The molecular weight excluding hydrogens is 294 g/mol. The molecule has 1 fully saturated rings. The Bertz CT molecular complexity index is 704. The summed E-state index contributed by atoms with van der Waals surface area (Å²) in [4.78, 5) is 22.5. The summed E-state index contributed by atoms with van der Waals surface area (Å²) in [6.45, 7) is 1.46. The summed E-state index contributed by atoms with van der Waals surface area (Å²) in [5.41, 5.74) is 12.4. The average Bonchev–Trinajstić information content (AvgIpc) is 2.48. The van der Waals surface area contributed by atoms with Crippen LogP contribution in [-0.4, -0.2) is 28.5 Å². The first-order chi connectivity index (χ1) is 10.9. The van der Waals surface area contributed by atoms with Crippen LogP contribution in [0.15, 0.2) is 28.2 Å². The van der Waals surface area contributed by atoms with Crippen LogP contribution in [0.1, 0.15) is 49.4 Å². The molecular formula is C16H21N5O2. The number of carbonyl (C=O) groups is 1. The van der Waals surface area contributed by atoms with E-state index in [4.69, 9.17) is 11.5 Å². The molecule has 0 unspecified atom stereocenters. The highest BCUT2D eigenvalue weighted by Gasteiger charge is 2.43. The smallest absolute Gasteiger partial charge is 0.220 e. The topological polar surface area (TPSA) is 117 Å². The molecule has 0 radical (unpaired) electrons. The van der Waals surface area contributed by atoms with Crippen molar-refractivity contribution in [2.45, 2.75) is 44.7 Å². The number of phenols is 1. The molecule has 23 heavy (non-hydrogen) atoms. The Labute approximate surface area is 134 Å². The molecule has 0 amide bonds. The van der Waals surface area contributed by atoms with E-state index in [2.05, 4.69) is 9.98 Å². The van der Waals surface area contributed by atoms with Gasteiger partial charge in [0.25, 0.3) is 0 Å². The van der Waals surface area contributed by atoms with Crippen molar-refractivity contribution in [1.82, 2.24) is 0 Å². The normalized spacial score (nSPS) is 20.1. The number of ketones is 1. The van der Waals surface area contributed by atoms with E-state index in [1.54, 1.807) is 11.0 Å². The predicted molar refractivity (Wildman–Crippen MR) is 89.7 cm³/mol. The van der Waals surface area contributed by atoms with Crippen molar-refractivity contribution in [3.8, 4) is 5.75 Å². The minimum Gasteiger partial charge on any atom is -0.508 e. The van der Waals surface area contributed by atoms with Gasteiger partial charge in [-0.1, -0.05) is 6.42 Å². The number of anilines is 1. The van der Waals surface area contributed by atoms with Crippen LogP contribution in [0.3, 0.4) is 0 Å². The fraction of sp³-hybridized carbons (Fsp3) is 0.438. The van der Waals surface area contributed by atoms with Crippen LogP contribution in [0.5, 0.6) is 5.75 Å². The maximum atomic E-state index is 12.0. The molecule has 1 aliphatic heterocycles. The number of guanidine groups is 2. The molecule has 7 nitrogen and oxygen atoms in total. The van der Waals surface area contributed by atoms with Gasteiger partial charge in [-0.2, -0.15) is 4.99 Å². The van der Waals surface area contributed by atoms with E-state index in [-0.39, 0.29) is 23.5 Å². The predicted octanol–water partition coefficient (Wildman–Crippen LogP) is 1.70. The van der Waals surface area contributed by atoms with Gasteiger partial charge in [0.15, 0.2) is 5.78 Å². The van der Waals surface area contributed by atoms with Gasteiger partial charge in [-0.3, -0.25) is 9.69 Å². The van der Waals surface area contributed by atoms with Gasteiger partial charge in [0.2, 0.25) is 11.9 Å². The second-order valence-electron chi connectivity index (χ2n) is 6.08. The van der Waals surface area contributed by atoms with Crippen molar-refractivity contribution in [3.63, 3.8) is 0 Å². The van der Waals surface area contributed by atoms with Crippen molar-refractivity contribution in [1.29, 1.82) is 0 Å². The van der Waals surface area contributed by atoms with Gasteiger partial charge < -0.3 is 16.6 Å². The molecule has 3 rings (SSSR count). The summed E-state index contributed by atoms with van der Waals surface area (Å²) < 4.78 is 0. The highest BCUT2D eigenvalue weighted by Crippen LogP contribution is 2.41. The minimum absolute atomic E-state index is 0.0344. The molecule has 1 aromatic carbocycles. The lowest BCUT2D eigenvalue weighted by atomic mass is 9.86. The summed E-state index contributed by atoms with van der Waals surface area (Å²) in [5.74, 6) is 0.278. The van der Waals surface area contributed by atoms with Crippen LogP contribution in [0.2, 0.25) is 0 Å². The first kappa shape index (κ1) is 15.3. The SMILES string of the molecule is CC(=O)c1cc(O)ccc1N1C(N)=NC(N)=NC12CCCCC2. The second kappa shape index (κ2) is 5.57. The number of aliphatic imine (C=N–C) groups is 2. The lowest BCUT2D eigenvalue weighted by Crippen LogP contribution is -2.58. The van der Waals surface area contributed by atoms with Crippen molar-refractivity contribution >= 4 is 23.4 Å². The number of nitrogens with two attached hydrogens (primary N) is 2. The molecule has 7 heteroatoms. The number of aromatic hydroxyl groups is 1. The standard InChI is InChI=1S/C16H21N5O2/c1-10(22)12-9-11(23)5-6-13(12)21-15(18)19-14(17)20-16(21)7-3-2-4-8-16/h5-6,9,23H,2-4,7-8H2,1H3,(H4,17,18,19,20). The van der Waals surface area contributed by atoms with Crippen molar-refractivity contribution < 1.29 is 9.90 Å². The number of carbonyl (C=O) groups excluding carboxylic acids is 1. The maximum Gasteiger partial charge on any atom is 0.220 e. The van der Waals surface area contributed by atoms with Gasteiger partial charge in [-0.15, -0.1) is 0 Å². The van der Waals surface area contributed by atoms with E-state index in [0.717, 1.165) is 32.1 Å². The zero-order chi connectivity index (χ0) is 16.6. The fourth-order valence-electron chi connectivity index (χ4n) is 3.47. The van der Waals surface area contributed by atoms with Gasteiger partial charge >= 0.3 is 0 Å². The third kappa shape index (κ3) is 2.62. The molecule has 1 aliphatic carbocycles. The summed E-state index contributed by atoms with van der Waals surface area (Å²) in [5, 5.41) is 9.71.